The van der Waals surface area contributed by atoms with E-state index in [0.29, 0.717) is 12.1 Å². The van der Waals surface area contributed by atoms with Crippen molar-refractivity contribution in [1.29, 1.82) is 0 Å². The van der Waals surface area contributed by atoms with E-state index < -0.39 is 0 Å². The van der Waals surface area contributed by atoms with Gasteiger partial charge in [-0.15, -0.1) is 0 Å². The van der Waals surface area contributed by atoms with Gasteiger partial charge in [0.05, 0.1) is 6.10 Å². The third-order valence-electron chi connectivity index (χ3n) is 4.57. The fraction of sp³-hybridized carbons (Fsp3) is 0.667. The molecule has 0 saturated carbocycles. The van der Waals surface area contributed by atoms with Crippen molar-refractivity contribution in [1.82, 2.24) is 10.2 Å². The van der Waals surface area contributed by atoms with Crippen molar-refractivity contribution in [3.05, 3.63) is 34.9 Å². The molecule has 0 spiro atoms. The molecule has 1 heterocycles. The topological polar surface area (TPSA) is 24.5 Å². The number of likely N-dealkylation sites (N-methyl/N-ethyl adjacent to an activating group) is 2. The van der Waals surface area contributed by atoms with Gasteiger partial charge in [-0.1, -0.05) is 18.2 Å². The molecule has 1 saturated heterocycles. The molecule has 3 nitrogen and oxygen atoms in total. The molecule has 2 atom stereocenters. The minimum absolute atomic E-state index is 0.373. The Balaban J connectivity index is 1.92. The van der Waals surface area contributed by atoms with Gasteiger partial charge in [0.25, 0.3) is 0 Å². The van der Waals surface area contributed by atoms with Crippen LogP contribution in [0.1, 0.15) is 42.0 Å². The largest absolute Gasteiger partial charge is 0.377 e. The summed E-state index contributed by atoms with van der Waals surface area (Å²) in [7, 11) is 4.24. The minimum Gasteiger partial charge on any atom is -0.377 e. The van der Waals surface area contributed by atoms with E-state index in [0.717, 1.165) is 19.7 Å². The number of hydrogen-bond acceptors (Lipinski definition) is 3. The zero-order valence-electron chi connectivity index (χ0n) is 14.0. The molecule has 1 aromatic rings. The quantitative estimate of drug-likeness (QED) is 0.871. The first kappa shape index (κ1) is 16.5. The zero-order chi connectivity index (χ0) is 15.2. The van der Waals surface area contributed by atoms with Crippen LogP contribution in [0.2, 0.25) is 0 Å². The Kier molecular flexibility index (Phi) is 6.22. The summed E-state index contributed by atoms with van der Waals surface area (Å²) in [6.45, 7) is 7.33. The van der Waals surface area contributed by atoms with E-state index in [1.165, 1.54) is 36.0 Å². The monoisotopic (exact) mass is 290 g/mol. The average molecular weight is 290 g/mol. The van der Waals surface area contributed by atoms with Gasteiger partial charge >= 0.3 is 0 Å². The Morgan fingerprint density at radius 1 is 1.29 bits per heavy atom. The molecular formula is C18H30N2O. The zero-order valence-corrected chi connectivity index (χ0v) is 14.0. The van der Waals surface area contributed by atoms with Gasteiger partial charge < -0.3 is 15.0 Å². The van der Waals surface area contributed by atoms with Crippen LogP contribution in [0.5, 0.6) is 0 Å². The summed E-state index contributed by atoms with van der Waals surface area (Å²) in [5.41, 5.74) is 4.10. The highest BCUT2D eigenvalue weighted by molar-refractivity contribution is 5.31. The minimum atomic E-state index is 0.373. The SMILES string of the molecule is CNC(CN(C)CC1CCCCO1)c1ccc(C)c(C)c1. The van der Waals surface area contributed by atoms with Gasteiger partial charge in [0.2, 0.25) is 0 Å². The number of hydrogen-bond donors (Lipinski definition) is 1. The third kappa shape index (κ3) is 4.80. The van der Waals surface area contributed by atoms with Crippen LogP contribution in [0, 0.1) is 13.8 Å². The van der Waals surface area contributed by atoms with Crippen LogP contribution in [0.4, 0.5) is 0 Å². The molecule has 1 aliphatic rings. The summed E-state index contributed by atoms with van der Waals surface area (Å²) in [6.07, 6.45) is 4.16. The second-order valence-corrected chi connectivity index (χ2v) is 6.39. The van der Waals surface area contributed by atoms with Gasteiger partial charge in [0.1, 0.15) is 0 Å². The van der Waals surface area contributed by atoms with Crippen molar-refractivity contribution in [2.45, 2.75) is 45.3 Å². The molecule has 0 amide bonds. The van der Waals surface area contributed by atoms with Crippen LogP contribution in [0.3, 0.4) is 0 Å². The van der Waals surface area contributed by atoms with Gasteiger partial charge in [-0.25, -0.2) is 0 Å². The number of nitrogens with zero attached hydrogens (tertiary/aromatic N) is 1. The highest BCUT2D eigenvalue weighted by atomic mass is 16.5. The molecule has 21 heavy (non-hydrogen) atoms. The third-order valence-corrected chi connectivity index (χ3v) is 4.57. The van der Waals surface area contributed by atoms with Crippen molar-refractivity contribution in [2.75, 3.05) is 33.8 Å². The molecule has 0 aromatic heterocycles. The summed E-state index contributed by atoms with van der Waals surface area (Å²) in [5, 5.41) is 3.45. The van der Waals surface area contributed by atoms with Gasteiger partial charge in [0.15, 0.2) is 0 Å². The lowest BCUT2D eigenvalue weighted by molar-refractivity contribution is -0.00254. The smallest absolute Gasteiger partial charge is 0.0701 e. The van der Waals surface area contributed by atoms with Crippen molar-refractivity contribution >= 4 is 0 Å². The highest BCUT2D eigenvalue weighted by Crippen LogP contribution is 2.19. The lowest BCUT2D eigenvalue weighted by Crippen LogP contribution is -2.38. The maximum absolute atomic E-state index is 5.84. The van der Waals surface area contributed by atoms with E-state index in [2.05, 4.69) is 49.3 Å². The molecule has 0 aliphatic carbocycles. The van der Waals surface area contributed by atoms with Gasteiger partial charge in [-0.3, -0.25) is 0 Å². The number of benzene rings is 1. The number of ether oxygens (including phenoxy) is 1. The first-order valence-corrected chi connectivity index (χ1v) is 8.14. The van der Waals surface area contributed by atoms with E-state index in [-0.39, 0.29) is 0 Å². The fourth-order valence-corrected chi connectivity index (χ4v) is 3.03. The normalized spacial score (nSPS) is 20.7. The van der Waals surface area contributed by atoms with E-state index in [4.69, 9.17) is 4.74 Å². The first-order chi connectivity index (χ1) is 10.1. The molecule has 118 valence electrons. The summed E-state index contributed by atoms with van der Waals surface area (Å²) < 4.78 is 5.84. The van der Waals surface area contributed by atoms with E-state index in [1.54, 1.807) is 0 Å². The van der Waals surface area contributed by atoms with E-state index in [9.17, 15) is 0 Å². The Bertz CT molecular complexity index is 441. The summed E-state index contributed by atoms with van der Waals surface area (Å²) in [6, 6.07) is 7.15. The van der Waals surface area contributed by atoms with Crippen LogP contribution < -0.4 is 5.32 Å². The Morgan fingerprint density at radius 2 is 2.10 bits per heavy atom. The summed E-state index contributed by atoms with van der Waals surface area (Å²) in [4.78, 5) is 2.40. The van der Waals surface area contributed by atoms with Crippen molar-refractivity contribution < 1.29 is 4.74 Å². The Labute approximate surface area is 129 Å². The van der Waals surface area contributed by atoms with Crippen LogP contribution in [0.25, 0.3) is 0 Å². The number of nitrogens with one attached hydrogen (secondary N) is 1. The second kappa shape index (κ2) is 7.92. The average Bonchev–Trinajstić information content (AvgIpc) is 2.49. The predicted molar refractivity (Wildman–Crippen MR) is 88.8 cm³/mol. The van der Waals surface area contributed by atoms with Gasteiger partial charge in [-0.2, -0.15) is 0 Å². The second-order valence-electron chi connectivity index (χ2n) is 6.39. The molecule has 0 bridgehead atoms. The lowest BCUT2D eigenvalue weighted by atomic mass is 10.0. The van der Waals surface area contributed by atoms with Crippen molar-refractivity contribution in [3.63, 3.8) is 0 Å². The van der Waals surface area contributed by atoms with Crippen molar-refractivity contribution in [2.24, 2.45) is 0 Å². The van der Waals surface area contributed by atoms with Crippen molar-refractivity contribution in [3.8, 4) is 0 Å². The Morgan fingerprint density at radius 3 is 2.71 bits per heavy atom. The summed E-state index contributed by atoms with van der Waals surface area (Å²) >= 11 is 0. The molecule has 1 fully saturated rings. The number of aryl methyl sites for hydroxylation is 2. The maximum atomic E-state index is 5.84. The van der Waals surface area contributed by atoms with E-state index in [1.807, 2.05) is 7.05 Å². The lowest BCUT2D eigenvalue weighted by Gasteiger charge is -2.30. The van der Waals surface area contributed by atoms with Crippen LogP contribution in [-0.2, 0) is 4.74 Å². The fourth-order valence-electron chi connectivity index (χ4n) is 3.03. The van der Waals surface area contributed by atoms with Gasteiger partial charge in [0, 0.05) is 25.7 Å². The molecule has 0 radical (unpaired) electrons. The highest BCUT2D eigenvalue weighted by Gasteiger charge is 2.18. The van der Waals surface area contributed by atoms with Crippen LogP contribution in [-0.4, -0.2) is 44.8 Å². The molecular weight excluding hydrogens is 260 g/mol. The van der Waals surface area contributed by atoms with Gasteiger partial charge in [-0.05, 0) is 63.9 Å². The Hall–Kier alpha value is -0.900. The number of rotatable bonds is 6. The molecule has 2 rings (SSSR count). The molecule has 2 unspecified atom stereocenters. The standard InChI is InChI=1S/C18H30N2O/c1-14-8-9-16(11-15(14)2)18(19-3)13-20(4)12-17-7-5-6-10-21-17/h8-9,11,17-19H,5-7,10,12-13H2,1-4H3. The first-order valence-electron chi connectivity index (χ1n) is 8.14. The van der Waals surface area contributed by atoms with Crippen LogP contribution >= 0.6 is 0 Å². The molecule has 3 heteroatoms. The summed E-state index contributed by atoms with van der Waals surface area (Å²) in [5.74, 6) is 0. The van der Waals surface area contributed by atoms with Crippen LogP contribution in [0.15, 0.2) is 18.2 Å². The molecule has 1 N–H and O–H groups in total. The molecule has 1 aromatic carbocycles. The maximum Gasteiger partial charge on any atom is 0.0701 e. The molecule has 1 aliphatic heterocycles. The predicted octanol–water partition coefficient (Wildman–Crippen LogP) is 3.06. The van der Waals surface area contributed by atoms with E-state index >= 15 is 0 Å².